The van der Waals surface area contributed by atoms with Crippen molar-refractivity contribution in [2.75, 3.05) is 44.7 Å². The fraction of sp³-hybridized carbons (Fsp3) is 0.462. The Kier molecular flexibility index (Phi) is 6.32. The highest BCUT2D eigenvalue weighted by Crippen LogP contribution is 2.42. The van der Waals surface area contributed by atoms with Gasteiger partial charge in [-0.15, -0.1) is 0 Å². The van der Waals surface area contributed by atoms with Gasteiger partial charge in [0.25, 0.3) is 0 Å². The number of aromatic nitrogens is 4. The van der Waals surface area contributed by atoms with Gasteiger partial charge in [0.05, 0.1) is 11.7 Å². The highest BCUT2D eigenvalue weighted by Gasteiger charge is 2.33. The maximum Gasteiger partial charge on any atom is 0.246 e. The molecule has 5 rings (SSSR count). The van der Waals surface area contributed by atoms with Crippen LogP contribution in [0.3, 0.4) is 0 Å². The molecule has 2 N–H and O–H groups in total. The smallest absolute Gasteiger partial charge is 0.246 e. The zero-order valence-corrected chi connectivity index (χ0v) is 20.2. The number of amides is 1. The Morgan fingerprint density at radius 3 is 2.82 bits per heavy atom. The third kappa shape index (κ3) is 4.18. The van der Waals surface area contributed by atoms with E-state index in [1.54, 1.807) is 12.4 Å². The number of carbonyl (C=O) groups excluding carboxylic acids is 1. The Morgan fingerprint density at radius 1 is 1.21 bits per heavy atom. The van der Waals surface area contributed by atoms with E-state index >= 15 is 0 Å². The van der Waals surface area contributed by atoms with E-state index in [0.717, 1.165) is 43.0 Å². The van der Waals surface area contributed by atoms with Gasteiger partial charge in [-0.2, -0.15) is 5.10 Å². The Hall–Kier alpha value is -3.26. The summed E-state index contributed by atoms with van der Waals surface area (Å²) in [7, 11) is 1.87. The first-order valence-corrected chi connectivity index (χ1v) is 12.2. The molecule has 2 atom stereocenters. The maximum absolute atomic E-state index is 12.4. The number of nitrogens with zero attached hydrogens (tertiary/aromatic N) is 5. The zero-order valence-electron chi connectivity index (χ0n) is 20.2. The number of H-pyrrole nitrogens is 1. The summed E-state index contributed by atoms with van der Waals surface area (Å²) in [5.41, 5.74) is 6.23. The van der Waals surface area contributed by atoms with Gasteiger partial charge in [0, 0.05) is 55.4 Å². The molecule has 34 heavy (non-hydrogen) atoms. The van der Waals surface area contributed by atoms with E-state index in [-0.39, 0.29) is 5.91 Å². The Balaban J connectivity index is 1.35. The molecule has 1 saturated heterocycles. The molecule has 1 amide bonds. The maximum atomic E-state index is 12.4. The van der Waals surface area contributed by atoms with Gasteiger partial charge in [0.2, 0.25) is 5.91 Å². The van der Waals surface area contributed by atoms with Gasteiger partial charge in [-0.25, -0.2) is 9.97 Å². The summed E-state index contributed by atoms with van der Waals surface area (Å²) in [4.78, 5) is 26.1. The highest BCUT2D eigenvalue weighted by molar-refractivity contribution is 5.87. The van der Waals surface area contributed by atoms with E-state index in [1.165, 1.54) is 22.1 Å². The second kappa shape index (κ2) is 9.54. The number of piperazine rings is 1. The first kappa shape index (κ1) is 22.5. The molecular weight excluding hydrogens is 426 g/mol. The molecule has 8 nitrogen and oxygen atoms in total. The number of aromatic amines is 1. The van der Waals surface area contributed by atoms with Gasteiger partial charge < -0.3 is 15.1 Å². The number of hydrogen-bond acceptors (Lipinski definition) is 6. The molecule has 1 unspecified atom stereocenters. The molecule has 1 aliphatic carbocycles. The average Bonchev–Trinajstić information content (AvgIpc) is 3.33. The number of anilines is 1. The average molecular weight is 460 g/mol. The molecule has 8 heteroatoms. The van der Waals surface area contributed by atoms with Crippen LogP contribution in [0.2, 0.25) is 0 Å². The number of likely N-dealkylation sites (N-methyl/N-ethyl adjacent to an activating group) is 1. The van der Waals surface area contributed by atoms with Crippen LogP contribution in [0.5, 0.6) is 0 Å². The first-order chi connectivity index (χ1) is 16.6. The van der Waals surface area contributed by atoms with Crippen molar-refractivity contribution in [2.45, 2.75) is 32.6 Å². The van der Waals surface area contributed by atoms with E-state index in [9.17, 15) is 4.79 Å². The lowest BCUT2D eigenvalue weighted by atomic mass is 9.73. The van der Waals surface area contributed by atoms with Crippen LogP contribution < -0.4 is 10.2 Å². The van der Waals surface area contributed by atoms with Crippen LogP contribution >= 0.6 is 0 Å². The lowest BCUT2D eigenvalue weighted by Crippen LogP contribution is -2.49. The summed E-state index contributed by atoms with van der Waals surface area (Å²) >= 11 is 0. The van der Waals surface area contributed by atoms with Gasteiger partial charge in [-0.05, 0) is 55.8 Å². The van der Waals surface area contributed by atoms with Crippen molar-refractivity contribution in [3.63, 3.8) is 0 Å². The summed E-state index contributed by atoms with van der Waals surface area (Å²) in [5.74, 6) is 2.00. The van der Waals surface area contributed by atoms with E-state index in [1.807, 2.05) is 24.2 Å². The number of nitrogens with one attached hydrogen (secondary N) is 2. The SMILES string of the molecule is CNC/C=C/C(=O)N1CCN(c2ncnc3c2CC(C)[C@@H](c2c(C)ccc4[nH]ncc24)C3)CC1. The van der Waals surface area contributed by atoms with E-state index in [4.69, 9.17) is 9.97 Å². The van der Waals surface area contributed by atoms with Crippen LogP contribution in [-0.2, 0) is 17.6 Å². The number of rotatable bonds is 5. The van der Waals surface area contributed by atoms with Crippen molar-refractivity contribution in [1.82, 2.24) is 30.4 Å². The quantitative estimate of drug-likeness (QED) is 0.570. The topological polar surface area (TPSA) is 90.0 Å². The van der Waals surface area contributed by atoms with Crippen LogP contribution in [-0.4, -0.2) is 70.7 Å². The van der Waals surface area contributed by atoms with Crippen LogP contribution in [0.15, 0.2) is 36.8 Å². The standard InChI is InChI=1S/C26H33N7O/c1-17-6-7-22-21(15-30-31-22)25(17)19-14-23-20(13-18(19)2)26(29-16-28-23)33-11-9-32(10-12-33)24(34)5-4-8-27-3/h4-7,15-16,18-19,27H,8-14H2,1-3H3,(H,30,31)/b5-4+/t18?,19-/m0/s1. The van der Waals surface area contributed by atoms with Crippen molar-refractivity contribution >= 4 is 22.6 Å². The number of fused-ring (bicyclic) bond motifs is 2. The Labute approximate surface area is 200 Å². The summed E-state index contributed by atoms with van der Waals surface area (Å²) in [6.45, 7) is 8.25. The zero-order chi connectivity index (χ0) is 23.7. The molecule has 0 spiro atoms. The van der Waals surface area contributed by atoms with E-state index in [0.29, 0.717) is 31.5 Å². The minimum Gasteiger partial charge on any atom is -0.353 e. The molecule has 0 radical (unpaired) electrons. The number of hydrogen-bond donors (Lipinski definition) is 2. The van der Waals surface area contributed by atoms with Gasteiger partial charge in [-0.3, -0.25) is 9.89 Å². The molecule has 3 heterocycles. The monoisotopic (exact) mass is 459 g/mol. The van der Waals surface area contributed by atoms with E-state index < -0.39 is 0 Å². The fourth-order valence-corrected chi connectivity index (χ4v) is 5.52. The largest absolute Gasteiger partial charge is 0.353 e. The molecule has 1 aliphatic heterocycles. The molecule has 178 valence electrons. The molecule has 0 saturated carbocycles. The molecule has 0 bridgehead atoms. The number of aryl methyl sites for hydroxylation is 1. The lowest BCUT2D eigenvalue weighted by molar-refractivity contribution is -0.126. The van der Waals surface area contributed by atoms with Crippen molar-refractivity contribution in [2.24, 2.45) is 5.92 Å². The summed E-state index contributed by atoms with van der Waals surface area (Å²) in [5, 5.41) is 11.7. The molecule has 2 aliphatic rings. The van der Waals surface area contributed by atoms with Crippen molar-refractivity contribution < 1.29 is 4.79 Å². The van der Waals surface area contributed by atoms with Crippen LogP contribution in [0, 0.1) is 12.8 Å². The van der Waals surface area contributed by atoms with Crippen LogP contribution in [0.4, 0.5) is 5.82 Å². The minimum atomic E-state index is 0.0832. The molecule has 1 fully saturated rings. The minimum absolute atomic E-state index is 0.0832. The van der Waals surface area contributed by atoms with Crippen molar-refractivity contribution in [1.29, 1.82) is 0 Å². The second-order valence-electron chi connectivity index (χ2n) is 9.51. The first-order valence-electron chi connectivity index (χ1n) is 12.2. The van der Waals surface area contributed by atoms with Gasteiger partial charge in [-0.1, -0.05) is 19.1 Å². The number of benzene rings is 1. The molecular formula is C26H33N7O. The molecule has 1 aromatic carbocycles. The lowest BCUT2D eigenvalue weighted by Gasteiger charge is -2.38. The molecule has 3 aromatic rings. The second-order valence-corrected chi connectivity index (χ2v) is 9.51. The van der Waals surface area contributed by atoms with Crippen LogP contribution in [0.1, 0.15) is 35.2 Å². The van der Waals surface area contributed by atoms with Gasteiger partial charge in [0.15, 0.2) is 0 Å². The fourth-order valence-electron chi connectivity index (χ4n) is 5.52. The number of carbonyl (C=O) groups is 1. The Bertz CT molecular complexity index is 1210. The predicted molar refractivity (Wildman–Crippen MR) is 134 cm³/mol. The highest BCUT2D eigenvalue weighted by atomic mass is 16.2. The van der Waals surface area contributed by atoms with Crippen molar-refractivity contribution in [3.05, 3.63) is 59.2 Å². The molecule has 2 aromatic heterocycles. The normalized spacial score (nSPS) is 20.8. The van der Waals surface area contributed by atoms with Crippen LogP contribution in [0.25, 0.3) is 10.9 Å². The van der Waals surface area contributed by atoms with Gasteiger partial charge >= 0.3 is 0 Å². The van der Waals surface area contributed by atoms with E-state index in [2.05, 4.69) is 46.4 Å². The predicted octanol–water partition coefficient (Wildman–Crippen LogP) is 2.60. The van der Waals surface area contributed by atoms with Gasteiger partial charge in [0.1, 0.15) is 12.1 Å². The van der Waals surface area contributed by atoms with Crippen molar-refractivity contribution in [3.8, 4) is 0 Å². The third-order valence-electron chi connectivity index (χ3n) is 7.37. The third-order valence-corrected chi connectivity index (χ3v) is 7.37. The summed E-state index contributed by atoms with van der Waals surface area (Å²) in [6.07, 6.45) is 9.08. The summed E-state index contributed by atoms with van der Waals surface area (Å²) < 4.78 is 0. The summed E-state index contributed by atoms with van der Waals surface area (Å²) in [6, 6.07) is 4.31. The Morgan fingerprint density at radius 2 is 2.03 bits per heavy atom.